The second kappa shape index (κ2) is 8.08. The van der Waals surface area contributed by atoms with Crippen molar-refractivity contribution in [3.05, 3.63) is 108 Å². The first-order valence-corrected chi connectivity index (χ1v) is 10.4. The molecule has 0 N–H and O–H groups in total. The van der Waals surface area contributed by atoms with E-state index in [1.54, 1.807) is 48.5 Å². The summed E-state index contributed by atoms with van der Waals surface area (Å²) in [5, 5.41) is 2.73. The number of carbonyl (C=O) groups excluding carboxylic acids is 1. The van der Waals surface area contributed by atoms with Gasteiger partial charge in [-0.1, -0.05) is 42.5 Å². The highest BCUT2D eigenvalue weighted by Crippen LogP contribution is 2.39. The maximum absolute atomic E-state index is 13.3. The SMILES string of the molecule is O=C(c1ccccc1)c1ccc(Oc2ncnc3scc(-c4ccc(F)cc4)c23)cc1. The largest absolute Gasteiger partial charge is 0.438 e. The number of hydrogen-bond acceptors (Lipinski definition) is 5. The van der Waals surface area contributed by atoms with E-state index in [1.807, 2.05) is 23.6 Å². The highest BCUT2D eigenvalue weighted by atomic mass is 32.1. The van der Waals surface area contributed by atoms with Gasteiger partial charge in [-0.25, -0.2) is 14.4 Å². The first-order chi connectivity index (χ1) is 15.2. The summed E-state index contributed by atoms with van der Waals surface area (Å²) in [5.74, 6) is 0.628. The quantitative estimate of drug-likeness (QED) is 0.300. The number of ether oxygens (including phenoxy) is 1. The number of ketones is 1. The first-order valence-electron chi connectivity index (χ1n) is 9.55. The van der Waals surface area contributed by atoms with Crippen LogP contribution in [-0.4, -0.2) is 15.8 Å². The molecule has 150 valence electrons. The zero-order valence-corrected chi connectivity index (χ0v) is 17.0. The fourth-order valence-electron chi connectivity index (χ4n) is 3.31. The van der Waals surface area contributed by atoms with E-state index in [4.69, 9.17) is 4.74 Å². The van der Waals surface area contributed by atoms with Crippen molar-refractivity contribution in [2.75, 3.05) is 0 Å². The van der Waals surface area contributed by atoms with E-state index in [9.17, 15) is 9.18 Å². The molecule has 3 aromatic carbocycles. The number of halogens is 1. The lowest BCUT2D eigenvalue weighted by molar-refractivity contribution is 0.103. The number of nitrogens with zero attached hydrogens (tertiary/aromatic N) is 2. The normalized spacial score (nSPS) is 10.9. The van der Waals surface area contributed by atoms with Crippen LogP contribution in [0.5, 0.6) is 11.6 Å². The lowest BCUT2D eigenvalue weighted by Gasteiger charge is -2.08. The van der Waals surface area contributed by atoms with Crippen LogP contribution in [0.25, 0.3) is 21.3 Å². The van der Waals surface area contributed by atoms with Gasteiger partial charge in [0.1, 0.15) is 22.7 Å². The molecule has 0 saturated carbocycles. The molecule has 0 bridgehead atoms. The number of hydrogen-bond donors (Lipinski definition) is 0. The van der Waals surface area contributed by atoms with Crippen LogP contribution in [0, 0.1) is 5.82 Å². The summed E-state index contributed by atoms with van der Waals surface area (Å²) in [5.41, 5.74) is 2.95. The summed E-state index contributed by atoms with van der Waals surface area (Å²) in [4.78, 5) is 22.0. The standard InChI is InChI=1S/C25H15FN2O2S/c26-19-10-6-16(7-11-19)21-14-31-25-22(21)24(27-15-28-25)30-20-12-8-18(9-13-20)23(29)17-4-2-1-3-5-17/h1-15H. The molecule has 0 spiro atoms. The third-order valence-electron chi connectivity index (χ3n) is 4.86. The van der Waals surface area contributed by atoms with E-state index < -0.39 is 0 Å². The van der Waals surface area contributed by atoms with E-state index in [1.165, 1.54) is 29.8 Å². The number of benzene rings is 3. The maximum Gasteiger partial charge on any atom is 0.231 e. The Kier molecular flexibility index (Phi) is 4.98. The Morgan fingerprint density at radius 3 is 2.29 bits per heavy atom. The van der Waals surface area contributed by atoms with Crippen LogP contribution in [-0.2, 0) is 0 Å². The van der Waals surface area contributed by atoms with Gasteiger partial charge in [0, 0.05) is 22.1 Å². The van der Waals surface area contributed by atoms with Crippen molar-refractivity contribution < 1.29 is 13.9 Å². The van der Waals surface area contributed by atoms with Crippen molar-refractivity contribution in [1.29, 1.82) is 0 Å². The van der Waals surface area contributed by atoms with Crippen molar-refractivity contribution in [3.8, 4) is 22.8 Å². The number of thiophene rings is 1. The third kappa shape index (κ3) is 3.81. The molecule has 0 radical (unpaired) electrons. The van der Waals surface area contributed by atoms with E-state index in [2.05, 4.69) is 9.97 Å². The number of rotatable bonds is 5. The van der Waals surface area contributed by atoms with Crippen LogP contribution >= 0.6 is 11.3 Å². The zero-order valence-electron chi connectivity index (χ0n) is 16.2. The first kappa shape index (κ1) is 19.1. The van der Waals surface area contributed by atoms with Crippen LogP contribution in [0.4, 0.5) is 4.39 Å². The lowest BCUT2D eigenvalue weighted by atomic mass is 10.0. The molecule has 5 aromatic rings. The van der Waals surface area contributed by atoms with Gasteiger partial charge in [0.2, 0.25) is 5.88 Å². The van der Waals surface area contributed by atoms with Gasteiger partial charge < -0.3 is 4.74 Å². The van der Waals surface area contributed by atoms with Gasteiger partial charge in [0.15, 0.2) is 5.78 Å². The molecule has 0 unspecified atom stereocenters. The fraction of sp³-hybridized carbons (Fsp3) is 0. The maximum atomic E-state index is 13.3. The average Bonchev–Trinajstić information content (AvgIpc) is 3.25. The molecule has 4 nitrogen and oxygen atoms in total. The van der Waals surface area contributed by atoms with Crippen LogP contribution in [0.3, 0.4) is 0 Å². The summed E-state index contributed by atoms with van der Waals surface area (Å²) >= 11 is 1.47. The monoisotopic (exact) mass is 426 g/mol. The molecular formula is C25H15FN2O2S. The van der Waals surface area contributed by atoms with Gasteiger partial charge in [0.25, 0.3) is 0 Å². The van der Waals surface area contributed by atoms with E-state index >= 15 is 0 Å². The van der Waals surface area contributed by atoms with Crippen molar-refractivity contribution in [2.45, 2.75) is 0 Å². The van der Waals surface area contributed by atoms with Gasteiger partial charge in [-0.2, -0.15) is 0 Å². The Hall–Kier alpha value is -3.90. The minimum absolute atomic E-state index is 0.0481. The van der Waals surface area contributed by atoms with Crippen molar-refractivity contribution >= 4 is 27.3 Å². The summed E-state index contributed by atoms with van der Waals surface area (Å²) in [6, 6.07) is 22.4. The van der Waals surface area contributed by atoms with E-state index in [0.717, 1.165) is 21.3 Å². The Labute approximate surface area is 181 Å². The Morgan fingerprint density at radius 1 is 0.839 bits per heavy atom. The summed E-state index contributed by atoms with van der Waals surface area (Å²) < 4.78 is 19.4. The Balaban J connectivity index is 1.46. The molecule has 0 saturated heterocycles. The van der Waals surface area contributed by atoms with Crippen molar-refractivity contribution in [1.82, 2.24) is 9.97 Å². The molecule has 2 heterocycles. The van der Waals surface area contributed by atoms with Crippen LogP contribution in [0.2, 0.25) is 0 Å². The average molecular weight is 426 g/mol. The minimum Gasteiger partial charge on any atom is -0.438 e. The Morgan fingerprint density at radius 2 is 1.55 bits per heavy atom. The molecule has 31 heavy (non-hydrogen) atoms. The number of aromatic nitrogens is 2. The van der Waals surface area contributed by atoms with Crippen molar-refractivity contribution in [3.63, 3.8) is 0 Å². The van der Waals surface area contributed by atoms with Crippen molar-refractivity contribution in [2.24, 2.45) is 0 Å². The highest BCUT2D eigenvalue weighted by Gasteiger charge is 2.15. The van der Waals surface area contributed by atoms with Crippen LogP contribution in [0.15, 0.2) is 90.6 Å². The molecular weight excluding hydrogens is 411 g/mol. The van der Waals surface area contributed by atoms with Crippen LogP contribution in [0.1, 0.15) is 15.9 Å². The number of fused-ring (bicyclic) bond motifs is 1. The van der Waals surface area contributed by atoms with Gasteiger partial charge in [0.05, 0.1) is 5.39 Å². The van der Waals surface area contributed by atoms with Gasteiger partial charge >= 0.3 is 0 Å². The predicted molar refractivity (Wildman–Crippen MR) is 119 cm³/mol. The molecule has 0 aliphatic heterocycles. The molecule has 0 aliphatic carbocycles. The van der Waals surface area contributed by atoms with Gasteiger partial charge in [-0.05, 0) is 42.0 Å². The summed E-state index contributed by atoms with van der Waals surface area (Å²) in [6.45, 7) is 0. The number of carbonyl (C=O) groups is 1. The second-order valence-corrected chi connectivity index (χ2v) is 7.69. The summed E-state index contributed by atoms with van der Waals surface area (Å²) in [6.07, 6.45) is 1.45. The fourth-order valence-corrected chi connectivity index (χ4v) is 4.22. The molecule has 6 heteroatoms. The minimum atomic E-state index is -0.291. The van der Waals surface area contributed by atoms with Crippen LogP contribution < -0.4 is 4.74 Å². The van der Waals surface area contributed by atoms with E-state index in [-0.39, 0.29) is 11.6 Å². The predicted octanol–water partition coefficient (Wildman–Crippen LogP) is 6.52. The molecule has 5 rings (SSSR count). The molecule has 0 fully saturated rings. The Bertz CT molecular complexity index is 1360. The zero-order chi connectivity index (χ0) is 21.2. The van der Waals surface area contributed by atoms with Gasteiger partial charge in [-0.15, -0.1) is 11.3 Å². The molecule has 0 atom stereocenters. The highest BCUT2D eigenvalue weighted by molar-refractivity contribution is 7.17. The molecule has 0 amide bonds. The second-order valence-electron chi connectivity index (χ2n) is 6.84. The lowest BCUT2D eigenvalue weighted by Crippen LogP contribution is -2.00. The topological polar surface area (TPSA) is 52.1 Å². The third-order valence-corrected chi connectivity index (χ3v) is 5.74. The summed E-state index contributed by atoms with van der Waals surface area (Å²) in [7, 11) is 0. The molecule has 2 aromatic heterocycles. The smallest absolute Gasteiger partial charge is 0.231 e. The molecule has 0 aliphatic rings. The van der Waals surface area contributed by atoms with E-state index in [0.29, 0.717) is 22.8 Å². The van der Waals surface area contributed by atoms with Gasteiger partial charge in [-0.3, -0.25) is 4.79 Å².